The molecule has 3 N–H and O–H groups in total. The normalized spacial score (nSPS) is 20.7. The Hall–Kier alpha value is -2.65. The highest BCUT2D eigenvalue weighted by Gasteiger charge is 2.45. The van der Waals surface area contributed by atoms with Crippen molar-refractivity contribution in [3.05, 3.63) is 35.9 Å². The number of carbonyl (C=O) groups excluding carboxylic acids is 4. The van der Waals surface area contributed by atoms with Crippen molar-refractivity contribution in [3.63, 3.8) is 0 Å². The molecular weight excluding hydrogens is 506 g/mol. The first-order valence-electron chi connectivity index (χ1n) is 13.5. The Balaban J connectivity index is 0.00000507. The fraction of sp³-hybridized carbons (Fsp3) is 0.643. The standard InChI is InChI=1S/C28H43N5O4.ClH/c1-18(2)23(29)27(36)31(5)24(19(3)4)28(37)33-16-10-14-22(33)26(35)32-15-9-13-21(32)25(34)30-17-20-11-7-6-8-12-20;/h6-8,11-12,18-19,21-24H,9-10,13-17,29H2,1-5H3,(H,30,34);1H/t21-,22-,23-,24-;/m0./s1. The number of hydrogen-bond acceptors (Lipinski definition) is 5. The molecule has 1 aromatic carbocycles. The van der Waals surface area contributed by atoms with Crippen molar-refractivity contribution in [1.29, 1.82) is 0 Å². The van der Waals surface area contributed by atoms with Crippen LogP contribution >= 0.6 is 12.4 Å². The molecule has 0 aromatic heterocycles. The topological polar surface area (TPSA) is 116 Å². The van der Waals surface area contributed by atoms with E-state index in [0.717, 1.165) is 12.0 Å². The highest BCUT2D eigenvalue weighted by atomic mass is 35.5. The van der Waals surface area contributed by atoms with Gasteiger partial charge in [0.25, 0.3) is 0 Å². The molecule has 0 spiro atoms. The van der Waals surface area contributed by atoms with Gasteiger partial charge in [-0.2, -0.15) is 0 Å². The molecule has 10 heteroatoms. The zero-order chi connectivity index (χ0) is 27.3. The lowest BCUT2D eigenvalue weighted by Crippen LogP contribution is -2.59. The highest BCUT2D eigenvalue weighted by Crippen LogP contribution is 2.27. The fourth-order valence-corrected chi connectivity index (χ4v) is 5.41. The maximum atomic E-state index is 13.8. The van der Waals surface area contributed by atoms with Gasteiger partial charge in [-0.15, -0.1) is 12.4 Å². The predicted molar refractivity (Wildman–Crippen MR) is 149 cm³/mol. The Bertz CT molecular complexity index is 973. The van der Waals surface area contributed by atoms with Gasteiger partial charge in [0.2, 0.25) is 23.6 Å². The predicted octanol–water partition coefficient (Wildman–Crippen LogP) is 2.17. The van der Waals surface area contributed by atoms with Gasteiger partial charge in [-0.25, -0.2) is 0 Å². The number of nitrogens with zero attached hydrogens (tertiary/aromatic N) is 3. The molecule has 4 amide bonds. The third-order valence-electron chi connectivity index (χ3n) is 7.62. The number of hydrogen-bond donors (Lipinski definition) is 2. The zero-order valence-corrected chi connectivity index (χ0v) is 24.1. The van der Waals surface area contributed by atoms with E-state index in [1.807, 2.05) is 58.0 Å². The number of nitrogens with one attached hydrogen (secondary N) is 1. The molecule has 4 atom stereocenters. The minimum absolute atomic E-state index is 0. The Morgan fingerprint density at radius 3 is 2.11 bits per heavy atom. The highest BCUT2D eigenvalue weighted by molar-refractivity contribution is 5.95. The van der Waals surface area contributed by atoms with Gasteiger partial charge in [0, 0.05) is 26.7 Å². The smallest absolute Gasteiger partial charge is 0.246 e. The number of likely N-dealkylation sites (tertiary alicyclic amines) is 2. The Morgan fingerprint density at radius 1 is 0.947 bits per heavy atom. The van der Waals surface area contributed by atoms with Crippen LogP contribution in [0.1, 0.15) is 58.9 Å². The first-order chi connectivity index (χ1) is 17.5. The molecule has 1 aromatic rings. The van der Waals surface area contributed by atoms with Crippen molar-refractivity contribution in [3.8, 4) is 0 Å². The van der Waals surface area contributed by atoms with E-state index in [9.17, 15) is 19.2 Å². The van der Waals surface area contributed by atoms with Crippen molar-refractivity contribution in [2.75, 3.05) is 20.1 Å². The first-order valence-corrected chi connectivity index (χ1v) is 13.5. The molecule has 0 aliphatic carbocycles. The summed E-state index contributed by atoms with van der Waals surface area (Å²) in [6.07, 6.45) is 2.60. The van der Waals surface area contributed by atoms with Crippen molar-refractivity contribution in [1.82, 2.24) is 20.0 Å². The van der Waals surface area contributed by atoms with Crippen LogP contribution in [0.15, 0.2) is 30.3 Å². The lowest BCUT2D eigenvalue weighted by Gasteiger charge is -2.37. The minimum atomic E-state index is -0.714. The van der Waals surface area contributed by atoms with Gasteiger partial charge >= 0.3 is 0 Å². The van der Waals surface area contributed by atoms with Crippen LogP contribution in [0.4, 0.5) is 0 Å². The molecule has 2 aliphatic rings. The van der Waals surface area contributed by atoms with Crippen molar-refractivity contribution in [2.45, 2.75) is 84.1 Å². The van der Waals surface area contributed by atoms with E-state index in [0.29, 0.717) is 38.9 Å². The summed E-state index contributed by atoms with van der Waals surface area (Å²) < 4.78 is 0. The second-order valence-corrected chi connectivity index (χ2v) is 11.0. The average molecular weight is 550 g/mol. The first kappa shape index (κ1) is 31.6. The van der Waals surface area contributed by atoms with Gasteiger partial charge in [0.1, 0.15) is 18.1 Å². The lowest BCUT2D eigenvalue weighted by atomic mass is 9.97. The molecular formula is C28H44ClN5O4. The molecule has 0 bridgehead atoms. The van der Waals surface area contributed by atoms with Crippen LogP contribution < -0.4 is 11.1 Å². The van der Waals surface area contributed by atoms with Crippen LogP contribution in [0.5, 0.6) is 0 Å². The summed E-state index contributed by atoms with van der Waals surface area (Å²) in [7, 11) is 1.62. The maximum Gasteiger partial charge on any atom is 0.246 e. The van der Waals surface area contributed by atoms with E-state index in [4.69, 9.17) is 5.73 Å². The largest absolute Gasteiger partial charge is 0.350 e. The SMILES string of the molecule is CC(C)[C@H](N)C(=O)N(C)[C@H](C(=O)N1CCC[C@H]1C(=O)N1CCC[C@H]1C(=O)NCc1ccccc1)C(C)C.Cl. The molecule has 2 saturated heterocycles. The van der Waals surface area contributed by atoms with E-state index < -0.39 is 24.2 Å². The van der Waals surface area contributed by atoms with Crippen molar-refractivity contribution < 1.29 is 19.2 Å². The molecule has 2 heterocycles. The lowest BCUT2D eigenvalue weighted by molar-refractivity contribution is -0.152. The summed E-state index contributed by atoms with van der Waals surface area (Å²) in [6, 6.07) is 7.08. The van der Waals surface area contributed by atoms with Crippen LogP contribution in [-0.2, 0) is 25.7 Å². The monoisotopic (exact) mass is 549 g/mol. The van der Waals surface area contributed by atoms with Crippen LogP contribution in [0.3, 0.4) is 0 Å². The van der Waals surface area contributed by atoms with Crippen LogP contribution in [0.2, 0.25) is 0 Å². The third kappa shape index (κ3) is 7.05. The van der Waals surface area contributed by atoms with Gasteiger partial charge in [0.05, 0.1) is 6.04 Å². The number of nitrogens with two attached hydrogens (primary N) is 1. The summed E-state index contributed by atoms with van der Waals surface area (Å²) in [5.74, 6) is -1.07. The summed E-state index contributed by atoms with van der Waals surface area (Å²) in [4.78, 5) is 58.2. The summed E-state index contributed by atoms with van der Waals surface area (Å²) >= 11 is 0. The molecule has 0 saturated carbocycles. The van der Waals surface area contributed by atoms with E-state index >= 15 is 0 Å². The second-order valence-electron chi connectivity index (χ2n) is 11.0. The summed E-state index contributed by atoms with van der Waals surface area (Å²) in [5.41, 5.74) is 7.10. The third-order valence-corrected chi connectivity index (χ3v) is 7.62. The Labute approximate surface area is 232 Å². The molecule has 2 fully saturated rings. The summed E-state index contributed by atoms with van der Waals surface area (Å²) in [6.45, 7) is 8.90. The van der Waals surface area contributed by atoms with Crippen molar-refractivity contribution >= 4 is 36.0 Å². The fourth-order valence-electron chi connectivity index (χ4n) is 5.41. The quantitative estimate of drug-likeness (QED) is 0.490. The number of amides is 4. The summed E-state index contributed by atoms with van der Waals surface area (Å²) in [5, 5.41) is 2.96. The zero-order valence-electron chi connectivity index (χ0n) is 23.3. The van der Waals surface area contributed by atoms with Gasteiger partial charge in [-0.3, -0.25) is 19.2 Å². The van der Waals surface area contributed by atoms with Gasteiger partial charge < -0.3 is 25.8 Å². The van der Waals surface area contributed by atoms with E-state index in [-0.39, 0.29) is 47.9 Å². The molecule has 2 aliphatic heterocycles. The average Bonchev–Trinajstić information content (AvgIpc) is 3.56. The van der Waals surface area contributed by atoms with E-state index in [1.54, 1.807) is 16.8 Å². The van der Waals surface area contributed by atoms with Crippen molar-refractivity contribution in [2.24, 2.45) is 17.6 Å². The molecule has 0 unspecified atom stereocenters. The Kier molecular flexibility index (Phi) is 11.6. The van der Waals surface area contributed by atoms with Gasteiger partial charge in [-0.05, 0) is 43.1 Å². The number of benzene rings is 1. The number of halogens is 1. The maximum absolute atomic E-state index is 13.8. The number of likely N-dealkylation sites (N-methyl/N-ethyl adjacent to an activating group) is 1. The van der Waals surface area contributed by atoms with Crippen LogP contribution in [0, 0.1) is 11.8 Å². The van der Waals surface area contributed by atoms with E-state index in [1.165, 1.54) is 4.90 Å². The minimum Gasteiger partial charge on any atom is -0.350 e. The van der Waals surface area contributed by atoms with Gasteiger partial charge in [-0.1, -0.05) is 58.0 Å². The molecule has 0 radical (unpaired) electrons. The van der Waals surface area contributed by atoms with Gasteiger partial charge in [0.15, 0.2) is 0 Å². The molecule has 212 valence electrons. The van der Waals surface area contributed by atoms with Crippen LogP contribution in [-0.4, -0.2) is 82.6 Å². The van der Waals surface area contributed by atoms with E-state index in [2.05, 4.69) is 5.32 Å². The second kappa shape index (κ2) is 13.9. The molecule has 38 heavy (non-hydrogen) atoms. The number of rotatable bonds is 9. The Morgan fingerprint density at radius 2 is 1.53 bits per heavy atom. The molecule has 9 nitrogen and oxygen atoms in total. The van der Waals surface area contributed by atoms with Crippen LogP contribution in [0.25, 0.3) is 0 Å². The molecule has 3 rings (SSSR count). The number of carbonyl (C=O) groups is 4.